The van der Waals surface area contributed by atoms with Crippen molar-refractivity contribution >= 4 is 41.0 Å². The molecule has 0 saturated carbocycles. The molecule has 2 aromatic rings. The van der Waals surface area contributed by atoms with Gasteiger partial charge >= 0.3 is 6.03 Å². The van der Waals surface area contributed by atoms with Crippen LogP contribution in [-0.2, 0) is 6.61 Å². The van der Waals surface area contributed by atoms with Crippen LogP contribution >= 0.6 is 23.2 Å². The van der Waals surface area contributed by atoms with Crippen molar-refractivity contribution in [3.63, 3.8) is 0 Å². The van der Waals surface area contributed by atoms with Gasteiger partial charge in [0.25, 0.3) is 5.91 Å². The summed E-state index contributed by atoms with van der Waals surface area (Å²) in [5, 5.41) is 0.942. The highest BCUT2D eigenvalue weighted by molar-refractivity contribution is 6.35. The van der Waals surface area contributed by atoms with Crippen LogP contribution < -0.4 is 16.2 Å². The first-order valence-electron chi connectivity index (χ1n) is 8.51. The van der Waals surface area contributed by atoms with Gasteiger partial charge in [0, 0.05) is 48.0 Å². The summed E-state index contributed by atoms with van der Waals surface area (Å²) in [6, 6.07) is 6.20. The van der Waals surface area contributed by atoms with Crippen molar-refractivity contribution in [2.24, 2.45) is 5.73 Å². The smallest absolute Gasteiger partial charge is 0.314 e. The Morgan fingerprint density at radius 1 is 1.11 bits per heavy atom. The zero-order chi connectivity index (χ0) is 20.3. The van der Waals surface area contributed by atoms with Crippen molar-refractivity contribution in [1.29, 1.82) is 0 Å². The highest BCUT2D eigenvalue weighted by Crippen LogP contribution is 2.28. The van der Waals surface area contributed by atoms with Gasteiger partial charge in [-0.25, -0.2) is 9.78 Å². The van der Waals surface area contributed by atoms with E-state index in [2.05, 4.69) is 4.98 Å². The van der Waals surface area contributed by atoms with E-state index in [1.165, 1.54) is 17.2 Å². The number of pyridine rings is 1. The number of primary amides is 1. The fourth-order valence-corrected chi connectivity index (χ4v) is 3.33. The molecule has 148 valence electrons. The quantitative estimate of drug-likeness (QED) is 0.782. The largest absolute Gasteiger partial charge is 0.485 e. The van der Waals surface area contributed by atoms with Crippen LogP contribution in [0.3, 0.4) is 0 Å². The number of nitrogens with two attached hydrogens (primary N) is 2. The number of hydrogen-bond acceptors (Lipinski definition) is 5. The van der Waals surface area contributed by atoms with Gasteiger partial charge in [0.1, 0.15) is 6.61 Å². The van der Waals surface area contributed by atoms with E-state index >= 15 is 0 Å². The Morgan fingerprint density at radius 3 is 2.32 bits per heavy atom. The van der Waals surface area contributed by atoms with E-state index < -0.39 is 6.03 Å². The van der Waals surface area contributed by atoms with E-state index in [9.17, 15) is 9.59 Å². The highest BCUT2D eigenvalue weighted by Gasteiger charge is 2.24. The van der Waals surface area contributed by atoms with Crippen LogP contribution in [-0.4, -0.2) is 52.9 Å². The third-order valence-electron chi connectivity index (χ3n) is 4.44. The number of nitrogens with zero attached hydrogens (tertiary/aromatic N) is 3. The maximum atomic E-state index is 12.7. The minimum absolute atomic E-state index is 0.0827. The minimum Gasteiger partial charge on any atom is -0.485 e. The first kappa shape index (κ1) is 20.0. The second-order valence-corrected chi connectivity index (χ2v) is 7.03. The van der Waals surface area contributed by atoms with Crippen LogP contribution in [0.25, 0.3) is 0 Å². The number of nitrogen functional groups attached to an aromatic ring is 1. The number of hydrogen-bond donors (Lipinski definition) is 2. The van der Waals surface area contributed by atoms with Crippen molar-refractivity contribution in [1.82, 2.24) is 14.8 Å². The number of halogens is 2. The molecular formula is C18H19Cl2N5O3. The van der Waals surface area contributed by atoms with E-state index in [1.54, 1.807) is 23.1 Å². The lowest BCUT2D eigenvalue weighted by atomic mass is 10.2. The third-order valence-corrected chi connectivity index (χ3v) is 5.15. The maximum Gasteiger partial charge on any atom is 0.314 e. The van der Waals surface area contributed by atoms with E-state index in [0.717, 1.165) is 0 Å². The molecule has 0 unspecified atom stereocenters. The average Bonchev–Trinajstić information content (AvgIpc) is 2.68. The molecule has 3 rings (SSSR count). The zero-order valence-corrected chi connectivity index (χ0v) is 16.4. The second kappa shape index (κ2) is 8.53. The molecule has 0 spiro atoms. The number of amides is 3. The van der Waals surface area contributed by atoms with Gasteiger partial charge in [0.15, 0.2) is 11.6 Å². The van der Waals surface area contributed by atoms with Crippen molar-refractivity contribution in [3.05, 3.63) is 51.6 Å². The van der Waals surface area contributed by atoms with E-state index in [-0.39, 0.29) is 24.1 Å². The molecular weight excluding hydrogens is 405 g/mol. The van der Waals surface area contributed by atoms with Gasteiger partial charge in [-0.2, -0.15) is 0 Å². The van der Waals surface area contributed by atoms with E-state index in [1.807, 2.05) is 0 Å². The number of benzene rings is 1. The van der Waals surface area contributed by atoms with Gasteiger partial charge in [-0.05, 0) is 18.2 Å². The molecule has 3 amide bonds. The molecule has 2 heterocycles. The molecule has 8 nitrogen and oxygen atoms in total. The van der Waals surface area contributed by atoms with Crippen molar-refractivity contribution < 1.29 is 14.3 Å². The number of carbonyl (C=O) groups is 2. The molecule has 0 atom stereocenters. The molecule has 0 aliphatic carbocycles. The van der Waals surface area contributed by atoms with Gasteiger partial charge in [-0.15, -0.1) is 0 Å². The summed E-state index contributed by atoms with van der Waals surface area (Å²) in [5.41, 5.74) is 12.1. The van der Waals surface area contributed by atoms with Gasteiger partial charge in [-0.1, -0.05) is 29.3 Å². The lowest BCUT2D eigenvalue weighted by Gasteiger charge is -2.33. The number of urea groups is 1. The molecule has 1 aromatic carbocycles. The predicted octanol–water partition coefficient (Wildman–Crippen LogP) is 2.39. The fourth-order valence-electron chi connectivity index (χ4n) is 2.82. The molecule has 28 heavy (non-hydrogen) atoms. The van der Waals surface area contributed by atoms with E-state index in [4.69, 9.17) is 39.4 Å². The summed E-state index contributed by atoms with van der Waals surface area (Å²) in [7, 11) is 0. The number of carbonyl (C=O) groups excluding carboxylic acids is 2. The van der Waals surface area contributed by atoms with Crippen molar-refractivity contribution in [3.8, 4) is 5.75 Å². The summed E-state index contributed by atoms with van der Waals surface area (Å²) in [4.78, 5) is 31.1. The van der Waals surface area contributed by atoms with Crippen molar-refractivity contribution in [2.45, 2.75) is 6.61 Å². The van der Waals surface area contributed by atoms with Gasteiger partial charge < -0.3 is 26.0 Å². The molecule has 0 radical (unpaired) electrons. The normalized spacial score (nSPS) is 14.1. The molecule has 1 aliphatic heterocycles. The summed E-state index contributed by atoms with van der Waals surface area (Å²) in [5.74, 6) is 0.188. The van der Waals surface area contributed by atoms with Crippen LogP contribution in [0, 0.1) is 0 Å². The Labute approximate surface area is 171 Å². The first-order valence-corrected chi connectivity index (χ1v) is 9.27. The topological polar surface area (TPSA) is 115 Å². The van der Waals surface area contributed by atoms with Crippen LogP contribution in [0.2, 0.25) is 10.0 Å². The zero-order valence-electron chi connectivity index (χ0n) is 14.9. The number of ether oxygens (including phenoxy) is 1. The standard InChI is InChI=1S/C18H19Cl2N5O3/c19-13-2-1-3-14(20)12(13)10-28-15-8-11(9-23-16(15)21)17(26)24-4-6-25(7-5-24)18(22)27/h1-3,8-9H,4-7,10H2,(H2,21,23)(H2,22,27). The van der Waals surface area contributed by atoms with Crippen LogP contribution in [0.15, 0.2) is 30.5 Å². The second-order valence-electron chi connectivity index (χ2n) is 6.21. The fraction of sp³-hybridized carbons (Fsp3) is 0.278. The lowest BCUT2D eigenvalue weighted by molar-refractivity contribution is 0.0668. The SMILES string of the molecule is NC(=O)N1CCN(C(=O)c2cnc(N)c(OCc3c(Cl)cccc3Cl)c2)CC1. The number of anilines is 1. The minimum atomic E-state index is -0.491. The third kappa shape index (κ3) is 4.40. The Balaban J connectivity index is 1.71. The first-order chi connectivity index (χ1) is 13.4. The number of rotatable bonds is 4. The maximum absolute atomic E-state index is 12.7. The predicted molar refractivity (Wildman–Crippen MR) is 107 cm³/mol. The van der Waals surface area contributed by atoms with E-state index in [0.29, 0.717) is 47.4 Å². The Kier molecular flexibility index (Phi) is 6.11. The Morgan fingerprint density at radius 2 is 1.71 bits per heavy atom. The Hall–Kier alpha value is -2.71. The van der Waals surface area contributed by atoms with Crippen LogP contribution in [0.5, 0.6) is 5.75 Å². The van der Waals surface area contributed by atoms with Crippen LogP contribution in [0.4, 0.5) is 10.6 Å². The molecule has 1 fully saturated rings. The van der Waals surface area contributed by atoms with Crippen LogP contribution in [0.1, 0.15) is 15.9 Å². The molecule has 0 bridgehead atoms. The summed E-state index contributed by atoms with van der Waals surface area (Å²) in [6.45, 7) is 1.63. The number of piperazine rings is 1. The average molecular weight is 424 g/mol. The molecule has 1 saturated heterocycles. The summed E-state index contributed by atoms with van der Waals surface area (Å²) < 4.78 is 5.71. The number of aromatic nitrogens is 1. The highest BCUT2D eigenvalue weighted by atomic mass is 35.5. The summed E-state index contributed by atoms with van der Waals surface area (Å²) in [6.07, 6.45) is 1.40. The van der Waals surface area contributed by atoms with Crippen molar-refractivity contribution in [2.75, 3.05) is 31.9 Å². The molecule has 10 heteroatoms. The summed E-state index contributed by atoms with van der Waals surface area (Å²) >= 11 is 12.3. The monoisotopic (exact) mass is 423 g/mol. The van der Waals surface area contributed by atoms with Gasteiger partial charge in [0.2, 0.25) is 0 Å². The lowest BCUT2D eigenvalue weighted by Crippen LogP contribution is -2.52. The van der Waals surface area contributed by atoms with Gasteiger partial charge in [-0.3, -0.25) is 4.79 Å². The molecule has 4 N–H and O–H groups in total. The van der Waals surface area contributed by atoms with Gasteiger partial charge in [0.05, 0.1) is 5.56 Å². The molecule has 1 aliphatic rings. The molecule has 1 aromatic heterocycles. The Bertz CT molecular complexity index is 881.